The normalized spacial score (nSPS) is 10.9. The van der Waals surface area contributed by atoms with Crippen molar-refractivity contribution in [3.8, 4) is 0 Å². The van der Waals surface area contributed by atoms with Crippen LogP contribution in [0.5, 0.6) is 0 Å². The SMILES string of the molecule is COCc1c(C(=O)NCc2cc(C(=O)OC)c(C)o2)oc2ccccc12. The van der Waals surface area contributed by atoms with Crippen molar-refractivity contribution in [3.63, 3.8) is 0 Å². The first kappa shape index (κ1) is 17.8. The van der Waals surface area contributed by atoms with Crippen LogP contribution in [-0.4, -0.2) is 26.1 Å². The van der Waals surface area contributed by atoms with Crippen LogP contribution in [0.1, 0.15) is 38.0 Å². The first-order chi connectivity index (χ1) is 12.5. The quantitative estimate of drug-likeness (QED) is 0.681. The highest BCUT2D eigenvalue weighted by Crippen LogP contribution is 2.26. The van der Waals surface area contributed by atoms with Gasteiger partial charge in [0.25, 0.3) is 5.91 Å². The maximum atomic E-state index is 12.6. The van der Waals surface area contributed by atoms with Gasteiger partial charge in [-0.05, 0) is 19.1 Å². The molecule has 0 unspecified atom stereocenters. The second kappa shape index (κ2) is 7.45. The number of amides is 1. The number of hydrogen-bond donors (Lipinski definition) is 1. The van der Waals surface area contributed by atoms with Crippen molar-refractivity contribution in [2.24, 2.45) is 0 Å². The van der Waals surface area contributed by atoms with Crippen LogP contribution >= 0.6 is 0 Å². The van der Waals surface area contributed by atoms with Crippen molar-refractivity contribution in [3.05, 3.63) is 58.7 Å². The third-order valence-corrected chi connectivity index (χ3v) is 3.99. The Morgan fingerprint density at radius 1 is 1.15 bits per heavy atom. The number of esters is 1. The van der Waals surface area contributed by atoms with Gasteiger partial charge in [-0.3, -0.25) is 4.79 Å². The number of carbonyl (C=O) groups excluding carboxylic acids is 2. The average molecular weight is 357 g/mol. The van der Waals surface area contributed by atoms with Crippen molar-refractivity contribution in [1.29, 1.82) is 0 Å². The molecule has 0 aliphatic rings. The molecule has 0 radical (unpaired) electrons. The Bertz CT molecular complexity index is 952. The van der Waals surface area contributed by atoms with Crippen LogP contribution in [0.25, 0.3) is 11.0 Å². The maximum Gasteiger partial charge on any atom is 0.341 e. The number of aryl methyl sites for hydroxylation is 1. The van der Waals surface area contributed by atoms with Crippen LogP contribution in [0.3, 0.4) is 0 Å². The van der Waals surface area contributed by atoms with E-state index in [-0.39, 0.29) is 24.8 Å². The predicted molar refractivity (Wildman–Crippen MR) is 92.9 cm³/mol. The fourth-order valence-corrected chi connectivity index (χ4v) is 2.76. The van der Waals surface area contributed by atoms with E-state index in [9.17, 15) is 9.59 Å². The van der Waals surface area contributed by atoms with Gasteiger partial charge in [0.05, 0.1) is 20.3 Å². The van der Waals surface area contributed by atoms with E-state index >= 15 is 0 Å². The van der Waals surface area contributed by atoms with Crippen LogP contribution < -0.4 is 5.32 Å². The van der Waals surface area contributed by atoms with Crippen LogP contribution in [0.4, 0.5) is 0 Å². The summed E-state index contributed by atoms with van der Waals surface area (Å²) in [5.41, 5.74) is 1.64. The Hall–Kier alpha value is -3.06. The second-order valence-electron chi connectivity index (χ2n) is 5.70. The summed E-state index contributed by atoms with van der Waals surface area (Å²) >= 11 is 0. The van der Waals surface area contributed by atoms with E-state index in [4.69, 9.17) is 13.6 Å². The standard InChI is InChI=1S/C19H19NO6/c1-11-14(19(22)24-3)8-12(25-11)9-20-18(21)17-15(10-23-2)13-6-4-5-7-16(13)26-17/h4-8H,9-10H2,1-3H3,(H,20,21). The van der Waals surface area contributed by atoms with Gasteiger partial charge in [-0.15, -0.1) is 0 Å². The molecule has 0 bridgehead atoms. The van der Waals surface area contributed by atoms with Crippen LogP contribution in [0.15, 0.2) is 39.2 Å². The molecule has 0 aliphatic carbocycles. The smallest absolute Gasteiger partial charge is 0.341 e. The summed E-state index contributed by atoms with van der Waals surface area (Å²) in [7, 11) is 2.86. The Balaban J connectivity index is 1.79. The van der Waals surface area contributed by atoms with Gasteiger partial charge >= 0.3 is 5.97 Å². The minimum atomic E-state index is -0.483. The molecule has 3 rings (SSSR count). The predicted octanol–water partition coefficient (Wildman–Crippen LogP) is 3.20. The van der Waals surface area contributed by atoms with Crippen molar-refractivity contribution in [2.45, 2.75) is 20.1 Å². The number of nitrogens with one attached hydrogen (secondary N) is 1. The highest BCUT2D eigenvalue weighted by Gasteiger charge is 2.21. The highest BCUT2D eigenvalue weighted by molar-refractivity contribution is 5.99. The van der Waals surface area contributed by atoms with Gasteiger partial charge in [0.15, 0.2) is 5.76 Å². The van der Waals surface area contributed by atoms with Gasteiger partial charge < -0.3 is 23.6 Å². The molecule has 0 saturated carbocycles. The Labute approximate surface area is 149 Å². The molecule has 0 spiro atoms. The lowest BCUT2D eigenvalue weighted by atomic mass is 10.1. The van der Waals surface area contributed by atoms with Crippen molar-refractivity contribution >= 4 is 22.8 Å². The highest BCUT2D eigenvalue weighted by atomic mass is 16.5. The summed E-state index contributed by atoms with van der Waals surface area (Å²) in [6, 6.07) is 8.94. The fourth-order valence-electron chi connectivity index (χ4n) is 2.76. The first-order valence-corrected chi connectivity index (χ1v) is 8.00. The number of ether oxygens (including phenoxy) is 2. The zero-order chi connectivity index (χ0) is 18.7. The number of para-hydroxylation sites is 1. The third kappa shape index (κ3) is 3.34. The zero-order valence-corrected chi connectivity index (χ0v) is 14.8. The molecule has 3 aromatic rings. The van der Waals surface area contributed by atoms with Gasteiger partial charge in [-0.25, -0.2) is 4.79 Å². The summed E-state index contributed by atoms with van der Waals surface area (Å²) in [6.07, 6.45) is 0. The molecule has 0 aliphatic heterocycles. The minimum absolute atomic E-state index is 0.111. The number of benzene rings is 1. The number of fused-ring (bicyclic) bond motifs is 1. The van der Waals surface area contributed by atoms with Crippen molar-refractivity contribution < 1.29 is 27.9 Å². The lowest BCUT2D eigenvalue weighted by Crippen LogP contribution is -2.23. The molecule has 2 heterocycles. The molecule has 7 nitrogen and oxygen atoms in total. The topological polar surface area (TPSA) is 90.9 Å². The molecule has 136 valence electrons. The van der Waals surface area contributed by atoms with Crippen molar-refractivity contribution in [1.82, 2.24) is 5.32 Å². The van der Waals surface area contributed by atoms with E-state index in [2.05, 4.69) is 10.1 Å². The zero-order valence-electron chi connectivity index (χ0n) is 14.8. The second-order valence-corrected chi connectivity index (χ2v) is 5.70. The first-order valence-electron chi connectivity index (χ1n) is 8.00. The Kier molecular flexibility index (Phi) is 5.09. The third-order valence-electron chi connectivity index (χ3n) is 3.99. The van der Waals surface area contributed by atoms with E-state index in [0.29, 0.717) is 28.2 Å². The van der Waals surface area contributed by atoms with Gasteiger partial charge in [-0.1, -0.05) is 18.2 Å². The molecule has 0 fully saturated rings. The van der Waals surface area contributed by atoms with Crippen LogP contribution in [0, 0.1) is 6.92 Å². The van der Waals surface area contributed by atoms with Gasteiger partial charge in [-0.2, -0.15) is 0 Å². The fraction of sp³-hybridized carbons (Fsp3) is 0.263. The molecule has 26 heavy (non-hydrogen) atoms. The molecule has 0 atom stereocenters. The number of rotatable bonds is 6. The van der Waals surface area contributed by atoms with E-state index < -0.39 is 5.97 Å². The van der Waals surface area contributed by atoms with Gasteiger partial charge in [0.2, 0.25) is 0 Å². The van der Waals surface area contributed by atoms with Crippen LogP contribution in [-0.2, 0) is 22.6 Å². The molecule has 0 saturated heterocycles. The number of carbonyl (C=O) groups is 2. The number of methoxy groups -OCH3 is 2. The average Bonchev–Trinajstić information content (AvgIpc) is 3.20. The summed E-state index contributed by atoms with van der Waals surface area (Å²) in [4.78, 5) is 24.2. The molecule has 1 aromatic carbocycles. The monoisotopic (exact) mass is 357 g/mol. The lowest BCUT2D eigenvalue weighted by molar-refractivity contribution is 0.0598. The summed E-state index contributed by atoms with van der Waals surface area (Å²) < 4.78 is 21.1. The molecule has 1 amide bonds. The van der Waals surface area contributed by atoms with Gasteiger partial charge in [0.1, 0.15) is 22.7 Å². The summed E-state index contributed by atoms with van der Waals surface area (Å²) in [5, 5.41) is 3.57. The largest absolute Gasteiger partial charge is 0.465 e. The lowest BCUT2D eigenvalue weighted by Gasteiger charge is -2.03. The molecule has 1 N–H and O–H groups in total. The Morgan fingerprint density at radius 3 is 2.65 bits per heavy atom. The molecule has 7 heteroatoms. The number of hydrogen-bond acceptors (Lipinski definition) is 6. The van der Waals surface area contributed by atoms with Crippen molar-refractivity contribution in [2.75, 3.05) is 14.2 Å². The summed E-state index contributed by atoms with van der Waals surface area (Å²) in [6.45, 7) is 2.03. The van der Waals surface area contributed by atoms with Gasteiger partial charge in [0, 0.05) is 18.1 Å². The van der Waals surface area contributed by atoms with E-state index in [1.807, 2.05) is 18.2 Å². The van der Waals surface area contributed by atoms with Crippen LogP contribution in [0.2, 0.25) is 0 Å². The van der Waals surface area contributed by atoms with E-state index in [1.165, 1.54) is 7.11 Å². The van der Waals surface area contributed by atoms with E-state index in [1.54, 1.807) is 26.2 Å². The molecular formula is C19H19NO6. The Morgan fingerprint density at radius 2 is 1.92 bits per heavy atom. The number of furan rings is 2. The summed E-state index contributed by atoms with van der Waals surface area (Å²) in [5.74, 6) is 0.209. The van der Waals surface area contributed by atoms with E-state index in [0.717, 1.165) is 5.39 Å². The molecule has 2 aromatic heterocycles. The minimum Gasteiger partial charge on any atom is -0.465 e. The maximum absolute atomic E-state index is 12.6. The molecular weight excluding hydrogens is 338 g/mol.